The van der Waals surface area contributed by atoms with Gasteiger partial charge in [0, 0.05) is 29.9 Å². The van der Waals surface area contributed by atoms with Crippen LogP contribution in [0.15, 0.2) is 0 Å². The van der Waals surface area contributed by atoms with Crippen molar-refractivity contribution in [1.82, 2.24) is 5.32 Å². The molecule has 0 spiro atoms. The number of nitrogens with one attached hydrogen (secondary N) is 1. The molecule has 3 aliphatic rings. The predicted molar refractivity (Wildman–Crippen MR) is 74.9 cm³/mol. The molecule has 0 aromatic carbocycles. The number of ether oxygens (including phenoxy) is 1. The fourth-order valence-electron chi connectivity index (χ4n) is 4.02. The van der Waals surface area contributed by atoms with Gasteiger partial charge in [0.15, 0.2) is 0 Å². The topological polar surface area (TPSA) is 84.6 Å². The van der Waals surface area contributed by atoms with Crippen LogP contribution in [0.5, 0.6) is 0 Å². The minimum absolute atomic E-state index is 0.0750. The molecule has 20 heavy (non-hydrogen) atoms. The zero-order valence-electron chi connectivity index (χ0n) is 12.4. The number of aliphatic hydroxyl groups is 1. The van der Waals surface area contributed by atoms with Gasteiger partial charge < -0.3 is 20.9 Å². The molecule has 0 aromatic rings. The third kappa shape index (κ3) is 1.76. The van der Waals surface area contributed by atoms with Crippen molar-refractivity contribution < 1.29 is 14.6 Å². The Morgan fingerprint density at radius 2 is 2.15 bits per heavy atom. The number of carbonyl (C=O) groups excluding carboxylic acids is 1. The van der Waals surface area contributed by atoms with Crippen LogP contribution in [-0.4, -0.2) is 42.4 Å². The summed E-state index contributed by atoms with van der Waals surface area (Å²) in [5, 5.41) is 12.3. The second-order valence-corrected chi connectivity index (χ2v) is 7.47. The summed E-state index contributed by atoms with van der Waals surface area (Å²) in [6.07, 6.45) is 4.01. The zero-order valence-corrected chi connectivity index (χ0v) is 12.4. The average Bonchev–Trinajstić information content (AvgIpc) is 3.24. The number of rotatable bonds is 4. The first-order chi connectivity index (χ1) is 9.37. The molecule has 5 heteroatoms. The third-order valence-electron chi connectivity index (χ3n) is 5.98. The van der Waals surface area contributed by atoms with Gasteiger partial charge in [-0.2, -0.15) is 0 Å². The molecule has 1 heterocycles. The lowest BCUT2D eigenvalue weighted by Crippen LogP contribution is -2.82. The quantitative estimate of drug-likeness (QED) is 0.697. The molecule has 3 fully saturated rings. The molecule has 3 unspecified atom stereocenters. The molecule has 0 aromatic heterocycles. The second-order valence-electron chi connectivity index (χ2n) is 7.47. The number of nitrogens with two attached hydrogens (primary N) is 1. The van der Waals surface area contributed by atoms with Gasteiger partial charge >= 0.3 is 0 Å². The molecular weight excluding hydrogens is 256 g/mol. The molecule has 3 atom stereocenters. The molecule has 2 aliphatic carbocycles. The molecule has 1 saturated heterocycles. The van der Waals surface area contributed by atoms with Crippen molar-refractivity contribution in [3.63, 3.8) is 0 Å². The van der Waals surface area contributed by atoms with Crippen LogP contribution in [0.3, 0.4) is 0 Å². The van der Waals surface area contributed by atoms with E-state index in [-0.39, 0.29) is 35.4 Å². The highest BCUT2D eigenvalue weighted by Crippen LogP contribution is 2.57. The SMILES string of the molecule is CC1(C)C2OCCCC2C1(N)C(=O)NCC1(CO)CC1. The number of amides is 1. The van der Waals surface area contributed by atoms with Gasteiger partial charge in [0.25, 0.3) is 0 Å². The van der Waals surface area contributed by atoms with Gasteiger partial charge in [-0.05, 0) is 25.7 Å². The third-order valence-corrected chi connectivity index (χ3v) is 5.98. The van der Waals surface area contributed by atoms with Crippen LogP contribution in [0.1, 0.15) is 39.5 Å². The largest absolute Gasteiger partial charge is 0.396 e. The van der Waals surface area contributed by atoms with Crippen molar-refractivity contribution in [2.24, 2.45) is 22.5 Å². The molecule has 1 aliphatic heterocycles. The van der Waals surface area contributed by atoms with E-state index in [0.29, 0.717) is 6.54 Å². The summed E-state index contributed by atoms with van der Waals surface area (Å²) >= 11 is 0. The number of aliphatic hydroxyl groups excluding tert-OH is 1. The molecule has 3 rings (SSSR count). The van der Waals surface area contributed by atoms with E-state index in [1.807, 2.05) is 13.8 Å². The first kappa shape index (κ1) is 14.3. The highest BCUT2D eigenvalue weighted by Gasteiger charge is 2.70. The first-order valence-electron chi connectivity index (χ1n) is 7.67. The Labute approximate surface area is 120 Å². The molecule has 0 radical (unpaired) electrons. The Balaban J connectivity index is 1.69. The summed E-state index contributed by atoms with van der Waals surface area (Å²) < 4.78 is 5.82. The van der Waals surface area contributed by atoms with Gasteiger partial charge in [0.1, 0.15) is 5.54 Å². The molecule has 114 valence electrons. The lowest BCUT2D eigenvalue weighted by molar-refractivity contribution is -0.225. The highest BCUT2D eigenvalue weighted by atomic mass is 16.5. The maximum absolute atomic E-state index is 12.6. The van der Waals surface area contributed by atoms with Crippen LogP contribution in [0.25, 0.3) is 0 Å². The normalized spacial score (nSPS) is 40.4. The Kier molecular flexibility index (Phi) is 3.16. The zero-order chi connectivity index (χ0) is 14.6. The number of hydrogen-bond donors (Lipinski definition) is 3. The minimum atomic E-state index is -0.844. The van der Waals surface area contributed by atoms with Crippen molar-refractivity contribution >= 4 is 5.91 Å². The fourth-order valence-corrected chi connectivity index (χ4v) is 4.02. The van der Waals surface area contributed by atoms with E-state index in [4.69, 9.17) is 10.5 Å². The van der Waals surface area contributed by atoms with E-state index in [1.165, 1.54) is 0 Å². The van der Waals surface area contributed by atoms with E-state index < -0.39 is 5.54 Å². The summed E-state index contributed by atoms with van der Waals surface area (Å²) in [5.74, 6) is 0.0458. The van der Waals surface area contributed by atoms with Crippen LogP contribution >= 0.6 is 0 Å². The summed E-state index contributed by atoms with van der Waals surface area (Å²) in [6, 6.07) is 0. The molecular formula is C15H26N2O3. The standard InChI is InChI=1S/C15H26N2O3/c1-13(2)11-10(4-3-7-20-11)15(13,16)12(19)17-8-14(9-18)5-6-14/h10-11,18H,3-9,16H2,1-2H3,(H,17,19). The molecule has 0 bridgehead atoms. The van der Waals surface area contributed by atoms with Crippen LogP contribution in [0.4, 0.5) is 0 Å². The van der Waals surface area contributed by atoms with Crippen LogP contribution in [0, 0.1) is 16.7 Å². The van der Waals surface area contributed by atoms with Crippen molar-refractivity contribution in [3.05, 3.63) is 0 Å². The van der Waals surface area contributed by atoms with Crippen molar-refractivity contribution in [1.29, 1.82) is 0 Å². The van der Waals surface area contributed by atoms with Crippen LogP contribution < -0.4 is 11.1 Å². The lowest BCUT2D eigenvalue weighted by Gasteiger charge is -2.65. The molecule has 1 amide bonds. The Morgan fingerprint density at radius 1 is 1.45 bits per heavy atom. The van der Waals surface area contributed by atoms with Crippen molar-refractivity contribution in [2.45, 2.75) is 51.2 Å². The van der Waals surface area contributed by atoms with E-state index in [9.17, 15) is 9.90 Å². The Morgan fingerprint density at radius 3 is 2.75 bits per heavy atom. The van der Waals surface area contributed by atoms with E-state index >= 15 is 0 Å². The van der Waals surface area contributed by atoms with E-state index in [2.05, 4.69) is 5.32 Å². The Bertz CT molecular complexity index is 419. The number of fused-ring (bicyclic) bond motifs is 1. The average molecular weight is 282 g/mol. The monoisotopic (exact) mass is 282 g/mol. The van der Waals surface area contributed by atoms with Gasteiger partial charge in [-0.1, -0.05) is 13.8 Å². The molecule has 2 saturated carbocycles. The minimum Gasteiger partial charge on any atom is -0.396 e. The lowest BCUT2D eigenvalue weighted by atomic mass is 9.46. The van der Waals surface area contributed by atoms with Crippen LogP contribution in [0.2, 0.25) is 0 Å². The maximum atomic E-state index is 12.6. The van der Waals surface area contributed by atoms with Gasteiger partial charge in [0.2, 0.25) is 5.91 Å². The van der Waals surface area contributed by atoms with Gasteiger partial charge in [0.05, 0.1) is 12.7 Å². The molecule has 4 N–H and O–H groups in total. The van der Waals surface area contributed by atoms with E-state index in [0.717, 1.165) is 32.3 Å². The van der Waals surface area contributed by atoms with Crippen molar-refractivity contribution in [3.8, 4) is 0 Å². The predicted octanol–water partition coefficient (Wildman–Crippen LogP) is 0.408. The van der Waals surface area contributed by atoms with E-state index in [1.54, 1.807) is 0 Å². The number of carbonyl (C=O) groups is 1. The smallest absolute Gasteiger partial charge is 0.241 e. The highest BCUT2D eigenvalue weighted by molar-refractivity contribution is 5.89. The summed E-state index contributed by atoms with van der Waals surface area (Å²) in [6.45, 7) is 5.50. The summed E-state index contributed by atoms with van der Waals surface area (Å²) in [7, 11) is 0. The summed E-state index contributed by atoms with van der Waals surface area (Å²) in [5.41, 5.74) is 5.26. The molecule has 5 nitrogen and oxygen atoms in total. The van der Waals surface area contributed by atoms with Gasteiger partial charge in [-0.15, -0.1) is 0 Å². The van der Waals surface area contributed by atoms with Gasteiger partial charge in [-0.25, -0.2) is 0 Å². The van der Waals surface area contributed by atoms with Crippen LogP contribution in [-0.2, 0) is 9.53 Å². The first-order valence-corrected chi connectivity index (χ1v) is 7.67. The number of hydrogen-bond acceptors (Lipinski definition) is 4. The van der Waals surface area contributed by atoms with Crippen molar-refractivity contribution in [2.75, 3.05) is 19.8 Å². The Hall–Kier alpha value is -0.650. The van der Waals surface area contributed by atoms with Gasteiger partial charge in [-0.3, -0.25) is 4.79 Å². The summed E-state index contributed by atoms with van der Waals surface area (Å²) in [4.78, 5) is 12.6. The maximum Gasteiger partial charge on any atom is 0.241 e. The second kappa shape index (κ2) is 4.42. The fraction of sp³-hybridized carbons (Fsp3) is 0.933.